The van der Waals surface area contributed by atoms with E-state index in [1.807, 2.05) is 36.4 Å². The van der Waals surface area contributed by atoms with Crippen LogP contribution in [0.3, 0.4) is 0 Å². The molecule has 20 heavy (non-hydrogen) atoms. The SMILES string of the molecule is COc1ccc(CCc2ccc(OC(C)=O)cc2)cc1. The zero-order valence-corrected chi connectivity index (χ0v) is 11.8. The van der Waals surface area contributed by atoms with Crippen LogP contribution in [0.5, 0.6) is 11.5 Å². The summed E-state index contributed by atoms with van der Waals surface area (Å²) in [6.07, 6.45) is 1.92. The zero-order valence-electron chi connectivity index (χ0n) is 11.8. The van der Waals surface area contributed by atoms with E-state index in [9.17, 15) is 4.79 Å². The Bertz CT molecular complexity index is 556. The van der Waals surface area contributed by atoms with Gasteiger partial charge < -0.3 is 9.47 Å². The highest BCUT2D eigenvalue weighted by Gasteiger charge is 2.00. The Balaban J connectivity index is 1.91. The predicted molar refractivity (Wildman–Crippen MR) is 78.2 cm³/mol. The number of carbonyl (C=O) groups is 1. The first kappa shape index (κ1) is 14.1. The summed E-state index contributed by atoms with van der Waals surface area (Å²) in [5, 5.41) is 0. The van der Waals surface area contributed by atoms with Crippen molar-refractivity contribution < 1.29 is 14.3 Å². The van der Waals surface area contributed by atoms with Crippen LogP contribution in [-0.2, 0) is 17.6 Å². The number of esters is 1. The van der Waals surface area contributed by atoms with Gasteiger partial charge >= 0.3 is 5.97 Å². The molecule has 0 bridgehead atoms. The van der Waals surface area contributed by atoms with Gasteiger partial charge in [0.15, 0.2) is 0 Å². The van der Waals surface area contributed by atoms with Crippen LogP contribution in [0.2, 0.25) is 0 Å². The van der Waals surface area contributed by atoms with Crippen molar-refractivity contribution in [1.29, 1.82) is 0 Å². The maximum absolute atomic E-state index is 10.8. The van der Waals surface area contributed by atoms with Gasteiger partial charge in [0.25, 0.3) is 0 Å². The van der Waals surface area contributed by atoms with E-state index in [2.05, 4.69) is 12.1 Å². The summed E-state index contributed by atoms with van der Waals surface area (Å²) < 4.78 is 10.1. The number of carbonyl (C=O) groups excluding carboxylic acids is 1. The molecule has 0 heterocycles. The van der Waals surface area contributed by atoms with Gasteiger partial charge in [0.2, 0.25) is 0 Å². The molecular formula is C17H18O3. The molecule has 0 spiro atoms. The molecule has 0 aliphatic carbocycles. The Hall–Kier alpha value is -2.29. The first-order valence-corrected chi connectivity index (χ1v) is 6.57. The molecule has 0 aliphatic rings. The molecule has 2 rings (SSSR count). The summed E-state index contributed by atoms with van der Waals surface area (Å²) in [5.41, 5.74) is 2.49. The van der Waals surface area contributed by atoms with Crippen molar-refractivity contribution in [3.8, 4) is 11.5 Å². The topological polar surface area (TPSA) is 35.5 Å². The van der Waals surface area contributed by atoms with Crippen LogP contribution in [0.15, 0.2) is 48.5 Å². The second kappa shape index (κ2) is 6.75. The molecule has 2 aromatic rings. The maximum atomic E-state index is 10.8. The molecule has 0 aliphatic heterocycles. The fraction of sp³-hybridized carbons (Fsp3) is 0.235. The average molecular weight is 270 g/mol. The smallest absolute Gasteiger partial charge is 0.308 e. The van der Waals surface area contributed by atoms with E-state index in [1.165, 1.54) is 18.1 Å². The lowest BCUT2D eigenvalue weighted by atomic mass is 10.0. The first-order chi connectivity index (χ1) is 9.67. The van der Waals surface area contributed by atoms with E-state index >= 15 is 0 Å². The van der Waals surface area contributed by atoms with E-state index in [0.717, 1.165) is 18.6 Å². The van der Waals surface area contributed by atoms with Crippen molar-refractivity contribution in [2.75, 3.05) is 7.11 Å². The molecule has 0 saturated heterocycles. The number of aryl methyl sites for hydroxylation is 2. The second-order valence-electron chi connectivity index (χ2n) is 4.59. The average Bonchev–Trinajstić information content (AvgIpc) is 2.46. The van der Waals surface area contributed by atoms with Crippen LogP contribution in [0.1, 0.15) is 18.1 Å². The number of methoxy groups -OCH3 is 1. The molecule has 0 N–H and O–H groups in total. The molecule has 0 atom stereocenters. The minimum Gasteiger partial charge on any atom is -0.497 e. The molecule has 3 heteroatoms. The molecule has 0 aromatic heterocycles. The van der Waals surface area contributed by atoms with Crippen LogP contribution < -0.4 is 9.47 Å². The minimum atomic E-state index is -0.295. The number of benzene rings is 2. The van der Waals surface area contributed by atoms with Gasteiger partial charge in [0.05, 0.1) is 7.11 Å². The molecular weight excluding hydrogens is 252 g/mol. The van der Waals surface area contributed by atoms with Crippen LogP contribution in [-0.4, -0.2) is 13.1 Å². The van der Waals surface area contributed by atoms with Gasteiger partial charge in [-0.15, -0.1) is 0 Å². The highest BCUT2D eigenvalue weighted by Crippen LogP contribution is 2.16. The Kier molecular flexibility index (Phi) is 4.77. The number of ether oxygens (including phenoxy) is 2. The molecule has 0 unspecified atom stereocenters. The molecule has 0 fully saturated rings. The van der Waals surface area contributed by atoms with E-state index in [4.69, 9.17) is 9.47 Å². The third kappa shape index (κ3) is 4.12. The Labute approximate surface area is 119 Å². The van der Waals surface area contributed by atoms with Crippen LogP contribution in [0.25, 0.3) is 0 Å². The van der Waals surface area contributed by atoms with Crippen LogP contribution in [0, 0.1) is 0 Å². The van der Waals surface area contributed by atoms with Crippen molar-refractivity contribution in [3.05, 3.63) is 59.7 Å². The van der Waals surface area contributed by atoms with Gasteiger partial charge in [0.1, 0.15) is 11.5 Å². The summed E-state index contributed by atoms with van der Waals surface area (Å²) in [6, 6.07) is 15.7. The van der Waals surface area contributed by atoms with Gasteiger partial charge in [-0.2, -0.15) is 0 Å². The molecule has 3 nitrogen and oxygen atoms in total. The molecule has 0 amide bonds. The molecule has 0 saturated carbocycles. The molecule has 2 aromatic carbocycles. The van der Waals surface area contributed by atoms with E-state index in [-0.39, 0.29) is 5.97 Å². The fourth-order valence-corrected chi connectivity index (χ4v) is 1.97. The van der Waals surface area contributed by atoms with Gasteiger partial charge in [-0.05, 0) is 48.2 Å². The van der Waals surface area contributed by atoms with Gasteiger partial charge in [0, 0.05) is 6.92 Å². The van der Waals surface area contributed by atoms with Crippen molar-refractivity contribution in [3.63, 3.8) is 0 Å². The fourth-order valence-electron chi connectivity index (χ4n) is 1.97. The number of hydrogen-bond donors (Lipinski definition) is 0. The lowest BCUT2D eigenvalue weighted by molar-refractivity contribution is -0.131. The highest BCUT2D eigenvalue weighted by atomic mass is 16.5. The van der Waals surface area contributed by atoms with Crippen molar-refractivity contribution in [1.82, 2.24) is 0 Å². The Morgan fingerprint density at radius 1 is 0.850 bits per heavy atom. The summed E-state index contributed by atoms with van der Waals surface area (Å²) in [6.45, 7) is 1.40. The predicted octanol–water partition coefficient (Wildman–Crippen LogP) is 3.41. The van der Waals surface area contributed by atoms with Crippen molar-refractivity contribution >= 4 is 5.97 Å². The van der Waals surface area contributed by atoms with E-state index < -0.39 is 0 Å². The van der Waals surface area contributed by atoms with Crippen LogP contribution in [0.4, 0.5) is 0 Å². The normalized spacial score (nSPS) is 10.1. The first-order valence-electron chi connectivity index (χ1n) is 6.57. The van der Waals surface area contributed by atoms with Crippen molar-refractivity contribution in [2.24, 2.45) is 0 Å². The zero-order chi connectivity index (χ0) is 14.4. The van der Waals surface area contributed by atoms with Gasteiger partial charge in [-0.1, -0.05) is 24.3 Å². The second-order valence-corrected chi connectivity index (χ2v) is 4.59. The maximum Gasteiger partial charge on any atom is 0.308 e. The third-order valence-electron chi connectivity index (χ3n) is 3.05. The van der Waals surface area contributed by atoms with Gasteiger partial charge in [-0.3, -0.25) is 4.79 Å². The van der Waals surface area contributed by atoms with E-state index in [1.54, 1.807) is 7.11 Å². The summed E-state index contributed by atoms with van der Waals surface area (Å²) in [7, 11) is 1.67. The number of rotatable bonds is 5. The Morgan fingerprint density at radius 2 is 1.30 bits per heavy atom. The van der Waals surface area contributed by atoms with Crippen LogP contribution >= 0.6 is 0 Å². The number of hydrogen-bond acceptors (Lipinski definition) is 3. The van der Waals surface area contributed by atoms with Gasteiger partial charge in [-0.25, -0.2) is 0 Å². The largest absolute Gasteiger partial charge is 0.497 e. The summed E-state index contributed by atoms with van der Waals surface area (Å²) in [5.74, 6) is 1.17. The summed E-state index contributed by atoms with van der Waals surface area (Å²) >= 11 is 0. The lowest BCUT2D eigenvalue weighted by Gasteiger charge is -2.05. The van der Waals surface area contributed by atoms with Crippen molar-refractivity contribution in [2.45, 2.75) is 19.8 Å². The van der Waals surface area contributed by atoms with E-state index in [0.29, 0.717) is 5.75 Å². The minimum absolute atomic E-state index is 0.295. The quantitative estimate of drug-likeness (QED) is 0.617. The molecule has 0 radical (unpaired) electrons. The summed E-state index contributed by atoms with van der Waals surface area (Å²) in [4.78, 5) is 10.8. The molecule has 104 valence electrons. The monoisotopic (exact) mass is 270 g/mol. The lowest BCUT2D eigenvalue weighted by Crippen LogP contribution is -2.01. The highest BCUT2D eigenvalue weighted by molar-refractivity contribution is 5.69. The third-order valence-corrected chi connectivity index (χ3v) is 3.05. The standard InChI is InChI=1S/C17H18O3/c1-13(18)20-17-11-7-15(8-12-17)4-3-14-5-9-16(19-2)10-6-14/h5-12H,3-4H2,1-2H3. The Morgan fingerprint density at radius 3 is 1.70 bits per heavy atom.